The number of hydrogen-bond acceptors (Lipinski definition) is 7. The van der Waals surface area contributed by atoms with E-state index in [1.54, 1.807) is 10.9 Å². The van der Waals surface area contributed by atoms with E-state index in [9.17, 15) is 10.1 Å². The van der Waals surface area contributed by atoms with Crippen LogP contribution in [0.15, 0.2) is 48.9 Å². The first-order valence-corrected chi connectivity index (χ1v) is 6.73. The highest BCUT2D eigenvalue weighted by atomic mass is 16.6. The number of anilines is 2. The molecule has 1 aromatic carbocycles. The van der Waals surface area contributed by atoms with Crippen LogP contribution in [0.25, 0.3) is 5.69 Å². The number of nitrogen functional groups attached to an aromatic ring is 1. The summed E-state index contributed by atoms with van der Waals surface area (Å²) < 4.78 is 1.75. The first kappa shape index (κ1) is 14.4. The van der Waals surface area contributed by atoms with Gasteiger partial charge in [0.2, 0.25) is 11.8 Å². The molecule has 2 aromatic heterocycles. The summed E-state index contributed by atoms with van der Waals surface area (Å²) in [5.41, 5.74) is 7.07. The van der Waals surface area contributed by atoms with Gasteiger partial charge in [-0.2, -0.15) is 10.1 Å². The van der Waals surface area contributed by atoms with Crippen LogP contribution in [-0.2, 0) is 6.54 Å². The molecule has 0 radical (unpaired) electrons. The van der Waals surface area contributed by atoms with Crippen LogP contribution in [0.5, 0.6) is 0 Å². The minimum atomic E-state index is -0.622. The average molecular weight is 311 g/mol. The maximum atomic E-state index is 10.7. The van der Waals surface area contributed by atoms with E-state index in [1.807, 2.05) is 36.5 Å². The summed E-state index contributed by atoms with van der Waals surface area (Å²) in [6, 6.07) is 9.70. The summed E-state index contributed by atoms with van der Waals surface area (Å²) in [6.07, 6.45) is 4.67. The molecule has 0 aliphatic heterocycles. The number of nitrogens with zero attached hydrogens (tertiary/aromatic N) is 5. The molecule has 0 aliphatic rings. The predicted octanol–water partition coefficient (Wildman–Crippen LogP) is 1.76. The third-order valence-corrected chi connectivity index (χ3v) is 3.10. The number of aromatic nitrogens is 4. The van der Waals surface area contributed by atoms with Crippen molar-refractivity contribution in [2.75, 3.05) is 11.1 Å². The predicted molar refractivity (Wildman–Crippen MR) is 84.0 cm³/mol. The molecule has 0 saturated heterocycles. The van der Waals surface area contributed by atoms with Crippen LogP contribution >= 0.6 is 0 Å². The highest BCUT2D eigenvalue weighted by molar-refractivity contribution is 5.53. The quantitative estimate of drug-likeness (QED) is 0.543. The van der Waals surface area contributed by atoms with Gasteiger partial charge in [-0.05, 0) is 12.1 Å². The van der Waals surface area contributed by atoms with Gasteiger partial charge in [0.15, 0.2) is 0 Å². The smallest absolute Gasteiger partial charge is 0.329 e. The maximum Gasteiger partial charge on any atom is 0.329 e. The Morgan fingerprint density at radius 1 is 1.26 bits per heavy atom. The molecule has 0 bridgehead atoms. The highest BCUT2D eigenvalue weighted by Crippen LogP contribution is 2.18. The molecule has 0 saturated carbocycles. The van der Waals surface area contributed by atoms with E-state index in [0.717, 1.165) is 17.4 Å². The molecule has 0 aliphatic carbocycles. The zero-order valence-electron chi connectivity index (χ0n) is 12.0. The number of nitro groups is 1. The van der Waals surface area contributed by atoms with Crippen molar-refractivity contribution in [2.24, 2.45) is 0 Å². The summed E-state index contributed by atoms with van der Waals surface area (Å²) in [6.45, 7) is 0.421. The molecule has 0 spiro atoms. The largest absolute Gasteiger partial charge is 0.378 e. The molecule has 9 nitrogen and oxygen atoms in total. The molecule has 116 valence electrons. The van der Waals surface area contributed by atoms with Gasteiger partial charge in [-0.3, -0.25) is 10.1 Å². The van der Waals surface area contributed by atoms with Crippen molar-refractivity contribution in [3.63, 3.8) is 0 Å². The lowest BCUT2D eigenvalue weighted by atomic mass is 10.3. The Balaban J connectivity index is 1.68. The number of benzene rings is 1. The Kier molecular flexibility index (Phi) is 3.83. The fraction of sp³-hybridized carbons (Fsp3) is 0.0714. The third kappa shape index (κ3) is 3.23. The Morgan fingerprint density at radius 2 is 2.04 bits per heavy atom. The molecular weight excluding hydrogens is 298 g/mol. The number of nitrogens with two attached hydrogens (primary N) is 1. The summed E-state index contributed by atoms with van der Waals surface area (Å²) in [4.78, 5) is 17.8. The van der Waals surface area contributed by atoms with Crippen molar-refractivity contribution in [3.8, 4) is 5.69 Å². The van der Waals surface area contributed by atoms with Gasteiger partial charge in [0.1, 0.15) is 6.20 Å². The van der Waals surface area contributed by atoms with Crippen LogP contribution in [0.1, 0.15) is 5.56 Å². The number of para-hydroxylation sites is 1. The van der Waals surface area contributed by atoms with E-state index in [0.29, 0.717) is 6.54 Å². The van der Waals surface area contributed by atoms with Crippen LogP contribution in [-0.4, -0.2) is 24.7 Å². The van der Waals surface area contributed by atoms with E-state index in [-0.39, 0.29) is 17.5 Å². The van der Waals surface area contributed by atoms with Crippen molar-refractivity contribution in [1.82, 2.24) is 19.7 Å². The lowest BCUT2D eigenvalue weighted by molar-refractivity contribution is -0.384. The zero-order chi connectivity index (χ0) is 16.2. The topological polar surface area (TPSA) is 125 Å². The second-order valence-corrected chi connectivity index (χ2v) is 4.70. The van der Waals surface area contributed by atoms with Gasteiger partial charge in [0.05, 0.1) is 16.8 Å². The summed E-state index contributed by atoms with van der Waals surface area (Å²) in [5, 5.41) is 17.9. The second kappa shape index (κ2) is 6.10. The molecule has 3 aromatic rings. The van der Waals surface area contributed by atoms with Crippen LogP contribution in [0, 0.1) is 10.1 Å². The SMILES string of the molecule is Nc1nc(NCc2cnn(-c3ccccc3)c2)ncc1[N+](=O)[O-]. The number of nitrogens with one attached hydrogen (secondary N) is 1. The van der Waals surface area contributed by atoms with E-state index in [1.165, 1.54) is 0 Å². The fourth-order valence-electron chi connectivity index (χ4n) is 1.97. The lowest BCUT2D eigenvalue weighted by Crippen LogP contribution is -2.06. The van der Waals surface area contributed by atoms with Crippen molar-refractivity contribution in [1.29, 1.82) is 0 Å². The maximum absolute atomic E-state index is 10.7. The molecule has 0 fully saturated rings. The minimum Gasteiger partial charge on any atom is -0.378 e. The first-order valence-electron chi connectivity index (χ1n) is 6.73. The van der Waals surface area contributed by atoms with Crippen LogP contribution in [0.2, 0.25) is 0 Å². The van der Waals surface area contributed by atoms with Gasteiger partial charge in [-0.25, -0.2) is 9.67 Å². The van der Waals surface area contributed by atoms with Crippen molar-refractivity contribution in [2.45, 2.75) is 6.54 Å². The minimum absolute atomic E-state index is 0.174. The Labute approximate surface area is 130 Å². The molecule has 3 rings (SSSR count). The number of rotatable bonds is 5. The van der Waals surface area contributed by atoms with Crippen LogP contribution in [0.3, 0.4) is 0 Å². The molecule has 2 heterocycles. The zero-order valence-corrected chi connectivity index (χ0v) is 12.0. The van der Waals surface area contributed by atoms with Gasteiger partial charge in [0.25, 0.3) is 0 Å². The molecule has 3 N–H and O–H groups in total. The second-order valence-electron chi connectivity index (χ2n) is 4.70. The van der Waals surface area contributed by atoms with Gasteiger partial charge in [0, 0.05) is 18.3 Å². The van der Waals surface area contributed by atoms with Gasteiger partial charge in [-0.15, -0.1) is 0 Å². The molecule has 0 amide bonds. The molecular formula is C14H13N7O2. The van der Waals surface area contributed by atoms with Gasteiger partial charge >= 0.3 is 5.69 Å². The Hall–Kier alpha value is -3.49. The third-order valence-electron chi connectivity index (χ3n) is 3.10. The first-order chi connectivity index (χ1) is 11.1. The normalized spacial score (nSPS) is 10.4. The summed E-state index contributed by atoms with van der Waals surface area (Å²) in [5.74, 6) is 0.0491. The molecule has 0 atom stereocenters. The van der Waals surface area contributed by atoms with Crippen molar-refractivity contribution >= 4 is 17.5 Å². The van der Waals surface area contributed by atoms with E-state index in [4.69, 9.17) is 5.73 Å². The monoisotopic (exact) mass is 311 g/mol. The fourth-order valence-corrected chi connectivity index (χ4v) is 1.97. The Morgan fingerprint density at radius 3 is 2.74 bits per heavy atom. The molecule has 0 unspecified atom stereocenters. The van der Waals surface area contributed by atoms with Gasteiger partial charge < -0.3 is 11.1 Å². The van der Waals surface area contributed by atoms with Gasteiger partial charge in [-0.1, -0.05) is 18.2 Å². The standard InChI is InChI=1S/C14H13N7O2/c15-13-12(21(22)23)8-17-14(19-13)16-6-10-7-18-20(9-10)11-4-2-1-3-5-11/h1-5,7-9H,6H2,(H3,15,16,17,19). The molecule has 23 heavy (non-hydrogen) atoms. The number of hydrogen-bond donors (Lipinski definition) is 2. The van der Waals surface area contributed by atoms with Crippen LogP contribution in [0.4, 0.5) is 17.5 Å². The Bertz CT molecular complexity index is 832. The summed E-state index contributed by atoms with van der Waals surface area (Å²) in [7, 11) is 0. The van der Waals surface area contributed by atoms with E-state index in [2.05, 4.69) is 20.4 Å². The van der Waals surface area contributed by atoms with Crippen molar-refractivity contribution in [3.05, 3.63) is 64.6 Å². The van der Waals surface area contributed by atoms with E-state index >= 15 is 0 Å². The van der Waals surface area contributed by atoms with Crippen molar-refractivity contribution < 1.29 is 4.92 Å². The van der Waals surface area contributed by atoms with Crippen LogP contribution < -0.4 is 11.1 Å². The average Bonchev–Trinajstić information content (AvgIpc) is 3.02. The molecule has 9 heteroatoms. The van der Waals surface area contributed by atoms with E-state index < -0.39 is 4.92 Å². The lowest BCUT2D eigenvalue weighted by Gasteiger charge is -2.03. The highest BCUT2D eigenvalue weighted by Gasteiger charge is 2.14. The summed E-state index contributed by atoms with van der Waals surface area (Å²) >= 11 is 0.